The molecule has 2 N–H and O–H groups in total. The van der Waals surface area contributed by atoms with Crippen LogP contribution in [-0.2, 0) is 4.79 Å². The molecule has 1 aliphatic heterocycles. The highest BCUT2D eigenvalue weighted by molar-refractivity contribution is 5.66. The number of carboxylic acid groups (broad SMARTS) is 1. The van der Waals surface area contributed by atoms with Gasteiger partial charge in [-0.1, -0.05) is 0 Å². The number of piperidine rings is 1. The summed E-state index contributed by atoms with van der Waals surface area (Å²) in [7, 11) is 1.67. The second-order valence-corrected chi connectivity index (χ2v) is 5.06. The first-order chi connectivity index (χ1) is 9.69. The van der Waals surface area contributed by atoms with Crippen LogP contribution in [0.3, 0.4) is 0 Å². The number of methoxy groups -OCH3 is 1. The van der Waals surface area contributed by atoms with Crippen molar-refractivity contribution < 1.29 is 14.6 Å². The summed E-state index contributed by atoms with van der Waals surface area (Å²) in [4.78, 5) is 12.8. The highest BCUT2D eigenvalue weighted by atomic mass is 16.5. The molecule has 0 radical (unpaired) electrons. The Morgan fingerprint density at radius 3 is 2.55 bits per heavy atom. The lowest BCUT2D eigenvalue weighted by molar-refractivity contribution is -0.136. The predicted molar refractivity (Wildman–Crippen MR) is 78.5 cm³/mol. The molecule has 5 nitrogen and oxygen atoms in total. The van der Waals surface area contributed by atoms with E-state index in [1.165, 1.54) is 5.69 Å². The fourth-order valence-electron chi connectivity index (χ4n) is 2.52. The van der Waals surface area contributed by atoms with Gasteiger partial charge in [0.1, 0.15) is 5.75 Å². The van der Waals surface area contributed by atoms with Crippen LogP contribution >= 0.6 is 0 Å². The Bertz CT molecular complexity index is 425. The van der Waals surface area contributed by atoms with Gasteiger partial charge in [-0.25, -0.2) is 0 Å². The van der Waals surface area contributed by atoms with Crippen LogP contribution in [0, 0.1) is 0 Å². The van der Waals surface area contributed by atoms with E-state index < -0.39 is 5.97 Å². The Hall–Kier alpha value is -1.75. The lowest BCUT2D eigenvalue weighted by Gasteiger charge is -2.34. The Kier molecular flexibility index (Phi) is 5.24. The molecule has 0 saturated carbocycles. The molecule has 0 amide bonds. The molecule has 1 heterocycles. The summed E-state index contributed by atoms with van der Waals surface area (Å²) >= 11 is 0. The van der Waals surface area contributed by atoms with Gasteiger partial charge in [0.25, 0.3) is 0 Å². The topological polar surface area (TPSA) is 61.8 Å². The van der Waals surface area contributed by atoms with Gasteiger partial charge in [0.15, 0.2) is 0 Å². The molecule has 5 heteroatoms. The standard InChI is InChI=1S/C15H22N2O3/c1-20-14-4-2-13(3-5-14)17-10-7-12(8-11-17)16-9-6-15(18)19/h2-5,12,16H,6-11H2,1H3,(H,18,19). The van der Waals surface area contributed by atoms with Crippen molar-refractivity contribution >= 4 is 11.7 Å². The molecule has 20 heavy (non-hydrogen) atoms. The summed E-state index contributed by atoms with van der Waals surface area (Å²) in [5.41, 5.74) is 1.22. The zero-order chi connectivity index (χ0) is 14.4. The largest absolute Gasteiger partial charge is 0.497 e. The molecule has 0 spiro atoms. The Morgan fingerprint density at radius 1 is 1.35 bits per heavy atom. The van der Waals surface area contributed by atoms with Crippen LogP contribution in [0.5, 0.6) is 5.75 Å². The number of rotatable bonds is 6. The van der Waals surface area contributed by atoms with E-state index in [0.29, 0.717) is 12.6 Å². The average Bonchev–Trinajstić information content (AvgIpc) is 2.48. The number of ether oxygens (including phenoxy) is 1. The third-order valence-corrected chi connectivity index (χ3v) is 3.70. The lowest BCUT2D eigenvalue weighted by Crippen LogP contribution is -2.43. The quantitative estimate of drug-likeness (QED) is 0.830. The van der Waals surface area contributed by atoms with E-state index in [4.69, 9.17) is 9.84 Å². The first-order valence-electron chi connectivity index (χ1n) is 7.03. The summed E-state index contributed by atoms with van der Waals surface area (Å²) in [6.07, 6.45) is 2.29. The van der Waals surface area contributed by atoms with Crippen LogP contribution in [-0.4, -0.2) is 43.9 Å². The molecular weight excluding hydrogens is 256 g/mol. The second-order valence-electron chi connectivity index (χ2n) is 5.06. The molecule has 1 aliphatic rings. The monoisotopic (exact) mass is 278 g/mol. The molecular formula is C15H22N2O3. The van der Waals surface area contributed by atoms with Gasteiger partial charge < -0.3 is 20.1 Å². The average molecular weight is 278 g/mol. The normalized spacial score (nSPS) is 16.1. The van der Waals surface area contributed by atoms with Crippen LogP contribution in [0.4, 0.5) is 5.69 Å². The molecule has 1 aromatic carbocycles. The summed E-state index contributed by atoms with van der Waals surface area (Å²) in [5, 5.41) is 11.9. The summed E-state index contributed by atoms with van der Waals surface area (Å²) in [5.74, 6) is 0.132. The number of nitrogens with zero attached hydrogens (tertiary/aromatic N) is 1. The van der Waals surface area contributed by atoms with Gasteiger partial charge in [-0.15, -0.1) is 0 Å². The third-order valence-electron chi connectivity index (χ3n) is 3.70. The maximum Gasteiger partial charge on any atom is 0.304 e. The van der Waals surface area contributed by atoms with E-state index in [0.717, 1.165) is 31.7 Å². The number of nitrogens with one attached hydrogen (secondary N) is 1. The minimum absolute atomic E-state index is 0.193. The zero-order valence-electron chi connectivity index (χ0n) is 11.8. The van der Waals surface area contributed by atoms with E-state index in [-0.39, 0.29) is 6.42 Å². The summed E-state index contributed by atoms with van der Waals surface area (Å²) in [6, 6.07) is 8.55. The highest BCUT2D eigenvalue weighted by Crippen LogP contribution is 2.22. The second kappa shape index (κ2) is 7.14. The molecule has 0 unspecified atom stereocenters. The van der Waals surface area contributed by atoms with Crippen LogP contribution in [0.25, 0.3) is 0 Å². The molecule has 2 rings (SSSR count). The first-order valence-corrected chi connectivity index (χ1v) is 7.03. The predicted octanol–water partition coefficient (Wildman–Crippen LogP) is 1.73. The lowest BCUT2D eigenvalue weighted by atomic mass is 10.0. The van der Waals surface area contributed by atoms with E-state index >= 15 is 0 Å². The molecule has 1 fully saturated rings. The van der Waals surface area contributed by atoms with E-state index in [9.17, 15) is 4.79 Å². The number of hydrogen-bond donors (Lipinski definition) is 2. The van der Waals surface area contributed by atoms with Gasteiger partial charge in [-0.2, -0.15) is 0 Å². The van der Waals surface area contributed by atoms with Crippen LogP contribution in [0.15, 0.2) is 24.3 Å². The molecule has 0 bridgehead atoms. The van der Waals surface area contributed by atoms with Crippen molar-refractivity contribution in [1.29, 1.82) is 0 Å². The highest BCUT2D eigenvalue weighted by Gasteiger charge is 2.19. The van der Waals surface area contributed by atoms with Crippen molar-refractivity contribution in [3.05, 3.63) is 24.3 Å². The third kappa shape index (κ3) is 4.13. The molecule has 1 aromatic rings. The fraction of sp³-hybridized carbons (Fsp3) is 0.533. The maximum absolute atomic E-state index is 10.5. The number of hydrogen-bond acceptors (Lipinski definition) is 4. The molecule has 1 saturated heterocycles. The van der Waals surface area contributed by atoms with Crippen molar-refractivity contribution in [3.63, 3.8) is 0 Å². The minimum Gasteiger partial charge on any atom is -0.497 e. The van der Waals surface area contributed by atoms with Gasteiger partial charge in [0.2, 0.25) is 0 Å². The number of anilines is 1. The Labute approximate surface area is 119 Å². The Balaban J connectivity index is 1.77. The number of carboxylic acids is 1. The molecule has 0 atom stereocenters. The van der Waals surface area contributed by atoms with Crippen molar-refractivity contribution in [1.82, 2.24) is 5.32 Å². The molecule has 110 valence electrons. The molecule has 0 aromatic heterocycles. The van der Waals surface area contributed by atoms with Crippen LogP contribution in [0.1, 0.15) is 19.3 Å². The maximum atomic E-state index is 10.5. The number of carbonyl (C=O) groups is 1. The van der Waals surface area contributed by atoms with Gasteiger partial charge in [0, 0.05) is 31.4 Å². The summed E-state index contributed by atoms with van der Waals surface area (Å²) in [6.45, 7) is 2.55. The van der Waals surface area contributed by atoms with E-state index in [2.05, 4.69) is 22.3 Å². The minimum atomic E-state index is -0.742. The number of benzene rings is 1. The van der Waals surface area contributed by atoms with Crippen LogP contribution < -0.4 is 15.0 Å². The number of aliphatic carboxylic acids is 1. The van der Waals surface area contributed by atoms with Gasteiger partial charge in [-0.3, -0.25) is 4.79 Å². The van der Waals surface area contributed by atoms with Crippen molar-refractivity contribution in [2.45, 2.75) is 25.3 Å². The van der Waals surface area contributed by atoms with Crippen molar-refractivity contribution in [2.24, 2.45) is 0 Å². The smallest absolute Gasteiger partial charge is 0.304 e. The molecule has 0 aliphatic carbocycles. The Morgan fingerprint density at radius 2 is 2.00 bits per heavy atom. The SMILES string of the molecule is COc1ccc(N2CCC(NCCC(=O)O)CC2)cc1. The van der Waals surface area contributed by atoms with Gasteiger partial charge in [-0.05, 0) is 37.1 Å². The van der Waals surface area contributed by atoms with Gasteiger partial charge >= 0.3 is 5.97 Å². The van der Waals surface area contributed by atoms with Crippen molar-refractivity contribution in [3.8, 4) is 5.75 Å². The van der Waals surface area contributed by atoms with E-state index in [1.54, 1.807) is 7.11 Å². The zero-order valence-corrected chi connectivity index (χ0v) is 11.8. The van der Waals surface area contributed by atoms with E-state index in [1.807, 2.05) is 12.1 Å². The first kappa shape index (κ1) is 14.7. The van der Waals surface area contributed by atoms with Crippen molar-refractivity contribution in [2.75, 3.05) is 31.6 Å². The van der Waals surface area contributed by atoms with Gasteiger partial charge in [0.05, 0.1) is 13.5 Å². The fourth-order valence-corrected chi connectivity index (χ4v) is 2.52. The van der Waals surface area contributed by atoms with Crippen LogP contribution in [0.2, 0.25) is 0 Å². The summed E-state index contributed by atoms with van der Waals surface area (Å²) < 4.78 is 5.16.